The van der Waals surface area contributed by atoms with Crippen LogP contribution < -0.4 is 9.64 Å². The van der Waals surface area contributed by atoms with Gasteiger partial charge in [-0.2, -0.15) is 0 Å². The van der Waals surface area contributed by atoms with Crippen molar-refractivity contribution in [1.29, 1.82) is 0 Å². The third-order valence-electron chi connectivity index (χ3n) is 4.41. The monoisotopic (exact) mass is 387 g/mol. The SMILES string of the molecule is CC.CC(C)c1ccc(N2CCOCC2)nc1.COc1ccc(C(C)C)cn1. The molecule has 5 nitrogen and oxygen atoms in total. The van der Waals surface area contributed by atoms with Gasteiger partial charge >= 0.3 is 0 Å². The summed E-state index contributed by atoms with van der Waals surface area (Å²) in [5, 5.41) is 0. The van der Waals surface area contributed by atoms with E-state index >= 15 is 0 Å². The van der Waals surface area contributed by atoms with Gasteiger partial charge in [0.25, 0.3) is 0 Å². The topological polar surface area (TPSA) is 47.5 Å². The summed E-state index contributed by atoms with van der Waals surface area (Å²) in [6.07, 6.45) is 3.83. The van der Waals surface area contributed by atoms with Gasteiger partial charge in [0.05, 0.1) is 20.3 Å². The Morgan fingerprint density at radius 1 is 0.857 bits per heavy atom. The second kappa shape index (κ2) is 13.1. The molecule has 1 saturated heterocycles. The van der Waals surface area contributed by atoms with Crippen molar-refractivity contribution >= 4 is 5.82 Å². The first-order chi connectivity index (χ1) is 13.5. The minimum atomic E-state index is 0.536. The fourth-order valence-electron chi connectivity index (χ4n) is 2.57. The molecule has 28 heavy (non-hydrogen) atoms. The molecule has 0 amide bonds. The zero-order valence-electron chi connectivity index (χ0n) is 18.6. The minimum Gasteiger partial charge on any atom is -0.481 e. The van der Waals surface area contributed by atoms with E-state index < -0.39 is 0 Å². The van der Waals surface area contributed by atoms with E-state index in [1.165, 1.54) is 11.1 Å². The molecule has 1 aliphatic rings. The van der Waals surface area contributed by atoms with Crippen LogP contribution in [0.15, 0.2) is 36.7 Å². The van der Waals surface area contributed by atoms with Crippen LogP contribution in [0.5, 0.6) is 5.88 Å². The summed E-state index contributed by atoms with van der Waals surface area (Å²) in [5.41, 5.74) is 2.54. The maximum absolute atomic E-state index is 5.31. The number of anilines is 1. The predicted octanol–water partition coefficient (Wildman–Crippen LogP) is 5.28. The molecule has 0 spiro atoms. The van der Waals surface area contributed by atoms with Gasteiger partial charge in [-0.1, -0.05) is 53.7 Å². The molecular weight excluding hydrogens is 350 g/mol. The molecule has 3 heterocycles. The molecule has 3 rings (SSSR count). The second-order valence-corrected chi connectivity index (χ2v) is 6.99. The summed E-state index contributed by atoms with van der Waals surface area (Å²) >= 11 is 0. The Balaban J connectivity index is 0.000000268. The van der Waals surface area contributed by atoms with Crippen molar-refractivity contribution in [3.8, 4) is 5.88 Å². The summed E-state index contributed by atoms with van der Waals surface area (Å²) in [4.78, 5) is 10.9. The van der Waals surface area contributed by atoms with Gasteiger partial charge < -0.3 is 14.4 Å². The van der Waals surface area contributed by atoms with Crippen LogP contribution in [0.1, 0.15) is 64.5 Å². The van der Waals surface area contributed by atoms with Gasteiger partial charge in [0.15, 0.2) is 0 Å². The van der Waals surface area contributed by atoms with Crippen LogP contribution >= 0.6 is 0 Å². The lowest BCUT2D eigenvalue weighted by Crippen LogP contribution is -2.36. The highest BCUT2D eigenvalue weighted by atomic mass is 16.5. The molecule has 156 valence electrons. The Morgan fingerprint density at radius 2 is 1.39 bits per heavy atom. The average molecular weight is 388 g/mol. The van der Waals surface area contributed by atoms with Crippen LogP contribution in [0.25, 0.3) is 0 Å². The lowest BCUT2D eigenvalue weighted by molar-refractivity contribution is 0.122. The molecule has 0 bridgehead atoms. The molecule has 0 radical (unpaired) electrons. The number of methoxy groups -OCH3 is 1. The zero-order chi connectivity index (χ0) is 20.9. The van der Waals surface area contributed by atoms with E-state index in [4.69, 9.17) is 9.47 Å². The lowest BCUT2D eigenvalue weighted by atomic mass is 10.1. The normalized spacial score (nSPS) is 13.4. The number of pyridine rings is 2. The molecule has 2 aromatic rings. The summed E-state index contributed by atoms with van der Waals surface area (Å²) in [6.45, 7) is 16.2. The number of morpholine rings is 1. The van der Waals surface area contributed by atoms with Crippen LogP contribution in [0.2, 0.25) is 0 Å². The number of rotatable bonds is 4. The van der Waals surface area contributed by atoms with Crippen LogP contribution in [-0.2, 0) is 4.74 Å². The van der Waals surface area contributed by atoms with E-state index in [-0.39, 0.29) is 0 Å². The van der Waals surface area contributed by atoms with Crippen molar-refractivity contribution in [3.05, 3.63) is 47.8 Å². The average Bonchev–Trinajstić information content (AvgIpc) is 2.76. The fourth-order valence-corrected chi connectivity index (χ4v) is 2.57. The molecule has 1 aliphatic heterocycles. The van der Waals surface area contributed by atoms with E-state index in [1.807, 2.05) is 38.4 Å². The van der Waals surface area contributed by atoms with Gasteiger partial charge in [0, 0.05) is 31.5 Å². The van der Waals surface area contributed by atoms with Gasteiger partial charge in [-0.05, 0) is 29.0 Å². The third-order valence-corrected chi connectivity index (χ3v) is 4.41. The first-order valence-corrected chi connectivity index (χ1v) is 10.3. The van der Waals surface area contributed by atoms with Gasteiger partial charge in [0.2, 0.25) is 5.88 Å². The van der Waals surface area contributed by atoms with Crippen molar-refractivity contribution in [2.75, 3.05) is 38.3 Å². The van der Waals surface area contributed by atoms with Crippen molar-refractivity contribution in [2.24, 2.45) is 0 Å². The quantitative estimate of drug-likeness (QED) is 0.714. The third kappa shape index (κ3) is 7.85. The van der Waals surface area contributed by atoms with E-state index in [0.717, 1.165) is 32.1 Å². The van der Waals surface area contributed by atoms with Crippen LogP contribution in [0, 0.1) is 0 Å². The van der Waals surface area contributed by atoms with Crippen molar-refractivity contribution in [2.45, 2.75) is 53.4 Å². The highest BCUT2D eigenvalue weighted by Crippen LogP contribution is 2.18. The van der Waals surface area contributed by atoms with Crippen molar-refractivity contribution < 1.29 is 9.47 Å². The van der Waals surface area contributed by atoms with E-state index in [9.17, 15) is 0 Å². The fraction of sp³-hybridized carbons (Fsp3) is 0.565. The summed E-state index contributed by atoms with van der Waals surface area (Å²) in [7, 11) is 1.62. The van der Waals surface area contributed by atoms with Crippen molar-refractivity contribution in [3.63, 3.8) is 0 Å². The van der Waals surface area contributed by atoms with Crippen LogP contribution in [0.4, 0.5) is 5.82 Å². The highest BCUT2D eigenvalue weighted by molar-refractivity contribution is 5.40. The first-order valence-electron chi connectivity index (χ1n) is 10.3. The van der Waals surface area contributed by atoms with Gasteiger partial charge in [0.1, 0.15) is 5.82 Å². The van der Waals surface area contributed by atoms with E-state index in [1.54, 1.807) is 7.11 Å². The molecule has 0 N–H and O–H groups in total. The molecule has 0 aliphatic carbocycles. The first kappa shape index (κ1) is 23.9. The van der Waals surface area contributed by atoms with Crippen LogP contribution in [-0.4, -0.2) is 43.4 Å². The molecule has 0 atom stereocenters. The lowest BCUT2D eigenvalue weighted by Gasteiger charge is -2.27. The number of nitrogens with zero attached hydrogens (tertiary/aromatic N) is 3. The Morgan fingerprint density at radius 3 is 1.79 bits per heavy atom. The standard InChI is InChI=1S/C12H18N2O.C9H13NO.C2H6/c1-10(2)11-3-4-12(13-9-11)14-5-7-15-8-6-14;1-7(2)8-4-5-9(11-3)10-6-8;1-2/h3-4,9-10H,5-8H2,1-2H3;4-7H,1-3H3;1-2H3. The number of hydrogen-bond acceptors (Lipinski definition) is 5. The second-order valence-electron chi connectivity index (χ2n) is 6.99. The predicted molar refractivity (Wildman–Crippen MR) is 118 cm³/mol. The maximum Gasteiger partial charge on any atom is 0.212 e. The molecule has 1 fully saturated rings. The Kier molecular flexibility index (Phi) is 11.2. The number of hydrogen-bond donors (Lipinski definition) is 0. The minimum absolute atomic E-state index is 0.536. The van der Waals surface area contributed by atoms with E-state index in [0.29, 0.717) is 17.7 Å². The summed E-state index contributed by atoms with van der Waals surface area (Å²) in [5.74, 6) is 2.83. The Bertz CT molecular complexity index is 634. The molecule has 0 aromatic carbocycles. The smallest absolute Gasteiger partial charge is 0.212 e. The molecule has 2 aromatic heterocycles. The summed E-state index contributed by atoms with van der Waals surface area (Å²) < 4.78 is 10.3. The number of ether oxygens (including phenoxy) is 2. The van der Waals surface area contributed by atoms with Gasteiger partial charge in [-0.25, -0.2) is 9.97 Å². The Labute approximate surface area is 171 Å². The molecule has 5 heteroatoms. The van der Waals surface area contributed by atoms with Gasteiger partial charge in [-0.3, -0.25) is 0 Å². The maximum atomic E-state index is 5.31. The van der Waals surface area contributed by atoms with Crippen molar-refractivity contribution in [1.82, 2.24) is 9.97 Å². The molecule has 0 saturated carbocycles. The number of aromatic nitrogens is 2. The molecular formula is C23H37N3O2. The highest BCUT2D eigenvalue weighted by Gasteiger charge is 2.12. The molecule has 0 unspecified atom stereocenters. The summed E-state index contributed by atoms with van der Waals surface area (Å²) in [6, 6.07) is 8.20. The van der Waals surface area contributed by atoms with E-state index in [2.05, 4.69) is 54.7 Å². The van der Waals surface area contributed by atoms with Crippen LogP contribution in [0.3, 0.4) is 0 Å². The van der Waals surface area contributed by atoms with Gasteiger partial charge in [-0.15, -0.1) is 0 Å². The zero-order valence-corrected chi connectivity index (χ0v) is 18.6. The Hall–Kier alpha value is -2.14. The largest absolute Gasteiger partial charge is 0.481 e.